The van der Waals surface area contributed by atoms with Gasteiger partial charge in [-0.3, -0.25) is 4.98 Å². The van der Waals surface area contributed by atoms with Gasteiger partial charge in [0.15, 0.2) is 5.76 Å². The van der Waals surface area contributed by atoms with E-state index in [0.717, 1.165) is 5.56 Å². The van der Waals surface area contributed by atoms with Gasteiger partial charge in [-0.25, -0.2) is 4.79 Å². The highest BCUT2D eigenvalue weighted by molar-refractivity contribution is 5.67. The molecule has 134 valence electrons. The largest absolute Gasteiger partial charge is 0.480 e. The first-order valence-electron chi connectivity index (χ1n) is 8.05. The number of alkyl carbamates (subject to hydrolysis) is 1. The Morgan fingerprint density at radius 3 is 2.92 bits per heavy atom. The summed E-state index contributed by atoms with van der Waals surface area (Å²) in [4.78, 5) is 16.1. The maximum Gasteiger partial charge on any atom is 0.407 e. The van der Waals surface area contributed by atoms with Crippen LogP contribution in [0.1, 0.15) is 39.4 Å². The van der Waals surface area contributed by atoms with Gasteiger partial charge >= 0.3 is 6.09 Å². The van der Waals surface area contributed by atoms with Gasteiger partial charge in [-0.15, -0.1) is 0 Å². The Morgan fingerprint density at radius 1 is 1.48 bits per heavy atom. The second-order valence-electron chi connectivity index (χ2n) is 6.52. The molecule has 2 heterocycles. The molecule has 0 bridgehead atoms. The van der Waals surface area contributed by atoms with Crippen LogP contribution < -0.4 is 10.1 Å². The van der Waals surface area contributed by atoms with Crippen molar-refractivity contribution >= 4 is 6.09 Å². The van der Waals surface area contributed by atoms with Gasteiger partial charge in [0.2, 0.25) is 0 Å². The van der Waals surface area contributed by atoms with Crippen LogP contribution in [0.5, 0.6) is 5.75 Å². The average molecular weight is 344 g/mol. The van der Waals surface area contributed by atoms with Gasteiger partial charge in [-0.1, -0.05) is 18.7 Å². The van der Waals surface area contributed by atoms with Crippen molar-refractivity contribution in [3.05, 3.63) is 60.3 Å². The number of hydrogen-bond acceptors (Lipinski definition) is 5. The molecule has 0 spiro atoms. The van der Waals surface area contributed by atoms with E-state index >= 15 is 0 Å². The second kappa shape index (κ2) is 7.88. The van der Waals surface area contributed by atoms with Gasteiger partial charge in [0.25, 0.3) is 0 Å². The fraction of sp³-hybridized carbons (Fsp3) is 0.368. The Bertz CT molecular complexity index is 702. The lowest BCUT2D eigenvalue weighted by Gasteiger charge is -2.22. The van der Waals surface area contributed by atoms with E-state index in [1.165, 1.54) is 0 Å². The number of amides is 1. The van der Waals surface area contributed by atoms with Crippen LogP contribution in [0.15, 0.2) is 54.8 Å². The molecule has 1 unspecified atom stereocenters. The van der Waals surface area contributed by atoms with Gasteiger partial charge in [-0.05, 0) is 39.8 Å². The van der Waals surface area contributed by atoms with E-state index in [2.05, 4.69) is 16.9 Å². The molecule has 1 N–H and O–H groups in total. The minimum Gasteiger partial charge on any atom is -0.480 e. The number of nitrogens with one attached hydrogen (secondary N) is 1. The number of aromatic nitrogens is 1. The highest BCUT2D eigenvalue weighted by Gasteiger charge is 2.26. The molecular formula is C19H24N2O4. The molecule has 0 aromatic carbocycles. The summed E-state index contributed by atoms with van der Waals surface area (Å²) in [6.07, 6.45) is 7.53. The Kier molecular flexibility index (Phi) is 5.85. The maximum absolute atomic E-state index is 11.9. The summed E-state index contributed by atoms with van der Waals surface area (Å²) in [6.45, 7) is 11.1. The third kappa shape index (κ3) is 5.38. The first kappa shape index (κ1) is 18.6. The van der Waals surface area contributed by atoms with Crippen molar-refractivity contribution in [2.45, 2.75) is 39.4 Å². The standard InChI is InChI=1S/C19H24N2O4/c1-6-7-8-15-13(2)23-16-9-10-20-11-14(16)17(24-15)12-21-18(22)25-19(3,4)5/h6-11,17H,1,12H2,2-5H3,(H,21,22)/b8-7-. The number of ether oxygens (including phenoxy) is 3. The highest BCUT2D eigenvalue weighted by atomic mass is 16.6. The first-order valence-corrected chi connectivity index (χ1v) is 8.05. The molecule has 0 aliphatic carbocycles. The van der Waals surface area contributed by atoms with Crippen molar-refractivity contribution < 1.29 is 19.0 Å². The number of fused-ring (bicyclic) bond motifs is 1. The molecule has 0 fully saturated rings. The van der Waals surface area contributed by atoms with E-state index in [1.807, 2.05) is 27.7 Å². The van der Waals surface area contributed by atoms with Gasteiger partial charge < -0.3 is 19.5 Å². The second-order valence-corrected chi connectivity index (χ2v) is 6.52. The minimum atomic E-state index is -0.564. The monoisotopic (exact) mass is 344 g/mol. The third-order valence-electron chi connectivity index (χ3n) is 3.25. The maximum atomic E-state index is 11.9. The van der Waals surface area contributed by atoms with Crippen molar-refractivity contribution in [1.29, 1.82) is 0 Å². The molecule has 1 aromatic rings. The van der Waals surface area contributed by atoms with Gasteiger partial charge in [0.1, 0.15) is 23.2 Å². The molecule has 1 aromatic heterocycles. The van der Waals surface area contributed by atoms with E-state index < -0.39 is 17.8 Å². The van der Waals surface area contributed by atoms with Crippen LogP contribution in [0, 0.1) is 0 Å². The number of nitrogens with zero attached hydrogens (tertiary/aromatic N) is 1. The predicted octanol–water partition coefficient (Wildman–Crippen LogP) is 4.03. The van der Waals surface area contributed by atoms with Crippen LogP contribution in [-0.4, -0.2) is 23.2 Å². The summed E-state index contributed by atoms with van der Waals surface area (Å²) in [5.74, 6) is 1.82. The zero-order valence-electron chi connectivity index (χ0n) is 15.0. The number of hydrogen-bond donors (Lipinski definition) is 1. The number of carbonyl (C=O) groups excluding carboxylic acids is 1. The molecule has 1 atom stereocenters. The van der Waals surface area contributed by atoms with Gasteiger partial charge in [0.05, 0.1) is 12.1 Å². The Labute approximate surface area is 148 Å². The molecule has 25 heavy (non-hydrogen) atoms. The number of allylic oxidation sites excluding steroid dienone is 4. The van der Waals surface area contributed by atoms with Crippen molar-refractivity contribution in [2.75, 3.05) is 6.54 Å². The molecular weight excluding hydrogens is 320 g/mol. The molecule has 1 aliphatic rings. The zero-order chi connectivity index (χ0) is 18.4. The van der Waals surface area contributed by atoms with Crippen molar-refractivity contribution in [1.82, 2.24) is 10.3 Å². The van der Waals surface area contributed by atoms with Gasteiger partial charge in [-0.2, -0.15) is 0 Å². The lowest BCUT2D eigenvalue weighted by Crippen LogP contribution is -2.35. The topological polar surface area (TPSA) is 69.7 Å². The quantitative estimate of drug-likeness (QED) is 0.835. The molecule has 6 nitrogen and oxygen atoms in total. The minimum absolute atomic E-state index is 0.218. The number of rotatable bonds is 4. The predicted molar refractivity (Wildman–Crippen MR) is 95.0 cm³/mol. The first-order chi connectivity index (χ1) is 11.8. The van der Waals surface area contributed by atoms with E-state index in [-0.39, 0.29) is 6.54 Å². The van der Waals surface area contributed by atoms with Crippen molar-refractivity contribution in [2.24, 2.45) is 0 Å². The summed E-state index contributed by atoms with van der Waals surface area (Å²) < 4.78 is 17.2. The van der Waals surface area contributed by atoms with Crippen LogP contribution in [0.25, 0.3) is 0 Å². The summed E-state index contributed by atoms with van der Waals surface area (Å²) in [5, 5.41) is 2.73. The Hall–Kier alpha value is -2.76. The molecule has 0 saturated carbocycles. The lowest BCUT2D eigenvalue weighted by molar-refractivity contribution is 0.0473. The SMILES string of the molecule is C=C/C=C\C1=C(C)Oc2ccncc2C(CNC(=O)OC(C)(C)C)O1. The molecule has 0 radical (unpaired) electrons. The van der Waals surface area contributed by atoms with E-state index in [1.54, 1.807) is 36.7 Å². The summed E-state index contributed by atoms with van der Waals surface area (Å²) >= 11 is 0. The van der Waals surface area contributed by atoms with Crippen LogP contribution in [0.2, 0.25) is 0 Å². The molecule has 1 aliphatic heterocycles. The van der Waals surface area contributed by atoms with Crippen LogP contribution in [-0.2, 0) is 9.47 Å². The fourth-order valence-corrected chi connectivity index (χ4v) is 2.20. The Morgan fingerprint density at radius 2 is 2.24 bits per heavy atom. The van der Waals surface area contributed by atoms with Crippen LogP contribution in [0.4, 0.5) is 4.79 Å². The molecule has 1 amide bonds. The normalized spacial score (nSPS) is 17.2. The smallest absolute Gasteiger partial charge is 0.407 e. The number of pyridine rings is 1. The van der Waals surface area contributed by atoms with E-state index in [9.17, 15) is 4.79 Å². The van der Waals surface area contributed by atoms with Crippen molar-refractivity contribution in [3.63, 3.8) is 0 Å². The molecule has 6 heteroatoms. The van der Waals surface area contributed by atoms with E-state index in [0.29, 0.717) is 17.3 Å². The zero-order valence-corrected chi connectivity index (χ0v) is 15.0. The molecule has 2 rings (SSSR count). The van der Waals surface area contributed by atoms with Crippen molar-refractivity contribution in [3.8, 4) is 5.75 Å². The summed E-state index contributed by atoms with van der Waals surface area (Å²) in [6, 6.07) is 1.77. The fourth-order valence-electron chi connectivity index (χ4n) is 2.20. The molecule has 0 saturated heterocycles. The highest BCUT2D eigenvalue weighted by Crippen LogP contribution is 2.34. The van der Waals surface area contributed by atoms with Gasteiger partial charge in [0, 0.05) is 12.4 Å². The average Bonchev–Trinajstić information content (AvgIpc) is 2.66. The van der Waals surface area contributed by atoms with Crippen LogP contribution in [0.3, 0.4) is 0 Å². The van der Waals surface area contributed by atoms with E-state index in [4.69, 9.17) is 14.2 Å². The van der Waals surface area contributed by atoms with Crippen LogP contribution >= 0.6 is 0 Å². The summed E-state index contributed by atoms with van der Waals surface area (Å²) in [5.41, 5.74) is 0.186. The summed E-state index contributed by atoms with van der Waals surface area (Å²) in [7, 11) is 0. The Balaban J connectivity index is 2.20. The number of carbonyl (C=O) groups is 1. The lowest BCUT2D eigenvalue weighted by atomic mass is 10.1. The third-order valence-corrected chi connectivity index (χ3v) is 3.25.